The van der Waals surface area contributed by atoms with Gasteiger partial charge in [-0.3, -0.25) is 0 Å². The molecule has 0 radical (unpaired) electrons. The van der Waals surface area contributed by atoms with Gasteiger partial charge in [0.05, 0.1) is 0 Å². The molecule has 0 aliphatic carbocycles. The van der Waals surface area contributed by atoms with E-state index in [4.69, 9.17) is 69.6 Å². The SMILES string of the molecule is Cc1c(Cn2c[n+](Cc3cccc4ccccc34)c(Cl)c2Cl)c(C)c(Cn2c[n+](Cc3cccc4ccccc34)c(Cl)c2Cl)c(C)c1Cn1c[n+](Cc2cccc3ccccc23)c(Cl)c1Cl.[Br-].[Br-].[Br-]. The molecular weight excluding hydrogens is 1190 g/mol. The van der Waals surface area contributed by atoms with Gasteiger partial charge in [-0.25, -0.2) is 27.4 Å². The van der Waals surface area contributed by atoms with Crippen molar-refractivity contribution in [1.82, 2.24) is 13.7 Å². The number of aromatic nitrogens is 6. The van der Waals surface area contributed by atoms with Crippen molar-refractivity contribution in [2.45, 2.75) is 60.0 Å². The summed E-state index contributed by atoms with van der Waals surface area (Å²) in [6.07, 6.45) is 6.05. The Balaban J connectivity index is 0.00000234. The second-order valence-electron chi connectivity index (χ2n) is 17.1. The van der Waals surface area contributed by atoms with Crippen LogP contribution in [-0.2, 0) is 39.3 Å². The van der Waals surface area contributed by atoms with E-state index in [1.807, 2.05) is 46.4 Å². The smallest absolute Gasteiger partial charge is 0.255 e. The highest BCUT2D eigenvalue weighted by atomic mass is 79.9. The molecular formula is C54H45Br3Cl6N6. The fourth-order valence-electron chi connectivity index (χ4n) is 9.64. The van der Waals surface area contributed by atoms with E-state index < -0.39 is 0 Å². The van der Waals surface area contributed by atoms with Crippen molar-refractivity contribution in [3.63, 3.8) is 0 Å². The van der Waals surface area contributed by atoms with E-state index in [1.54, 1.807) is 0 Å². The minimum Gasteiger partial charge on any atom is -1.00 e. The standard InChI is InChI=1S/C54H45Cl6N6.3BrH/c1-34-46(28-64-31-61(49(55)52(64)58)25-40-19-10-16-37-13-4-7-22-43(37)40)35(2)48(30-66-33-63(51(57)54(66)60)27-42-21-12-18-39-15-6-9-24-45(39)42)36(3)47(34)29-65-32-62(50(56)53(65)59)26-41-20-11-17-38-14-5-8-23-44(38)41;;;/h4-24,31-33H,25-30H2,1-3H3;3*1H/q+3;;;/p-3. The maximum atomic E-state index is 7.14. The molecule has 0 fully saturated rings. The Morgan fingerprint density at radius 1 is 0.348 bits per heavy atom. The van der Waals surface area contributed by atoms with Crippen LogP contribution < -0.4 is 64.6 Å². The van der Waals surface area contributed by atoms with Crippen LogP contribution in [0.15, 0.2) is 146 Å². The van der Waals surface area contributed by atoms with Crippen LogP contribution in [0.5, 0.6) is 0 Å². The van der Waals surface area contributed by atoms with Gasteiger partial charge in [0.1, 0.15) is 39.3 Å². The molecule has 0 atom stereocenters. The number of imidazole rings is 3. The minimum absolute atomic E-state index is 0. The van der Waals surface area contributed by atoms with E-state index >= 15 is 0 Å². The lowest BCUT2D eigenvalue weighted by atomic mass is 9.87. The molecule has 0 aliphatic rings. The number of hydrogen-bond acceptors (Lipinski definition) is 0. The van der Waals surface area contributed by atoms with Crippen LogP contribution in [0.25, 0.3) is 32.3 Å². The molecule has 3 aromatic heterocycles. The predicted molar refractivity (Wildman–Crippen MR) is 271 cm³/mol. The summed E-state index contributed by atoms with van der Waals surface area (Å²) in [5, 5.41) is 9.86. The summed E-state index contributed by atoms with van der Waals surface area (Å²) in [5.41, 5.74) is 10.2. The highest BCUT2D eigenvalue weighted by Crippen LogP contribution is 2.34. The van der Waals surface area contributed by atoms with Crippen LogP contribution in [0, 0.1) is 20.8 Å². The lowest BCUT2D eigenvalue weighted by Gasteiger charge is -2.20. The van der Waals surface area contributed by atoms with E-state index in [2.05, 4.69) is 148 Å². The zero-order valence-electron chi connectivity index (χ0n) is 37.7. The quantitative estimate of drug-likeness (QED) is 0.161. The van der Waals surface area contributed by atoms with E-state index in [0.29, 0.717) is 70.2 Å². The summed E-state index contributed by atoms with van der Waals surface area (Å²) >= 11 is 42.6. The highest BCUT2D eigenvalue weighted by molar-refractivity contribution is 6.40. The molecule has 3 heterocycles. The summed E-state index contributed by atoms with van der Waals surface area (Å²) in [4.78, 5) is 0. The summed E-state index contributed by atoms with van der Waals surface area (Å²) in [5.74, 6) is 0. The first-order valence-electron chi connectivity index (χ1n) is 21.8. The van der Waals surface area contributed by atoms with E-state index in [9.17, 15) is 0 Å². The summed E-state index contributed by atoms with van der Waals surface area (Å²) in [7, 11) is 0. The Morgan fingerprint density at radius 3 is 0.870 bits per heavy atom. The largest absolute Gasteiger partial charge is 1.00 e. The highest BCUT2D eigenvalue weighted by Gasteiger charge is 2.30. The normalized spacial score (nSPS) is 11.3. The van der Waals surface area contributed by atoms with Gasteiger partial charge in [-0.1, -0.05) is 127 Å². The molecule has 354 valence electrons. The lowest BCUT2D eigenvalue weighted by Crippen LogP contribution is -3.00. The maximum Gasteiger partial charge on any atom is 0.255 e. The third-order valence-corrected chi connectivity index (χ3v) is 15.9. The fraction of sp³-hybridized carbons (Fsp3) is 0.167. The Morgan fingerprint density at radius 2 is 0.594 bits per heavy atom. The van der Waals surface area contributed by atoms with Crippen molar-refractivity contribution >= 4 is 102 Å². The van der Waals surface area contributed by atoms with Crippen molar-refractivity contribution in [1.29, 1.82) is 0 Å². The first-order valence-corrected chi connectivity index (χ1v) is 24.0. The number of fused-ring (bicyclic) bond motifs is 3. The molecule has 0 bridgehead atoms. The molecule has 0 saturated heterocycles. The van der Waals surface area contributed by atoms with Crippen molar-refractivity contribution in [2.75, 3.05) is 0 Å². The van der Waals surface area contributed by atoms with Gasteiger partial charge in [-0.2, -0.15) is 0 Å². The van der Waals surface area contributed by atoms with Crippen LogP contribution in [0.3, 0.4) is 0 Å². The summed E-state index contributed by atoms with van der Waals surface area (Å²) < 4.78 is 12.1. The monoisotopic (exact) mass is 1220 g/mol. The molecule has 0 spiro atoms. The van der Waals surface area contributed by atoms with Gasteiger partial charge >= 0.3 is 0 Å². The van der Waals surface area contributed by atoms with Crippen LogP contribution >= 0.6 is 69.6 Å². The molecule has 0 unspecified atom stereocenters. The molecule has 7 aromatic carbocycles. The first-order chi connectivity index (χ1) is 31.9. The molecule has 6 nitrogen and oxygen atoms in total. The minimum atomic E-state index is 0. The van der Waals surface area contributed by atoms with Gasteiger partial charge in [-0.05, 0) is 139 Å². The topological polar surface area (TPSA) is 26.4 Å². The second-order valence-corrected chi connectivity index (χ2v) is 19.2. The zero-order valence-corrected chi connectivity index (χ0v) is 47.0. The Kier molecular flexibility index (Phi) is 17.1. The van der Waals surface area contributed by atoms with Gasteiger partial charge in [-0.15, -0.1) is 0 Å². The zero-order chi connectivity index (χ0) is 45.8. The van der Waals surface area contributed by atoms with Gasteiger partial charge in [0.2, 0.25) is 19.0 Å². The Bertz CT molecular complexity index is 3130. The Hall–Kier alpha value is -3.87. The lowest BCUT2D eigenvalue weighted by molar-refractivity contribution is -0.685. The number of hydrogen-bond donors (Lipinski definition) is 0. The fourth-order valence-corrected chi connectivity index (χ4v) is 10.9. The predicted octanol–water partition coefficient (Wildman–Crippen LogP) is 4.56. The van der Waals surface area contributed by atoms with Gasteiger partial charge in [0.15, 0.2) is 0 Å². The van der Waals surface area contributed by atoms with Gasteiger partial charge in [0.25, 0.3) is 30.9 Å². The van der Waals surface area contributed by atoms with Crippen molar-refractivity contribution < 1.29 is 64.6 Å². The molecule has 0 saturated carbocycles. The average Bonchev–Trinajstić information content (AvgIpc) is 3.87. The molecule has 0 amide bonds. The maximum absolute atomic E-state index is 7.14. The van der Waals surface area contributed by atoms with Gasteiger partial charge in [0, 0.05) is 33.4 Å². The van der Waals surface area contributed by atoms with Crippen molar-refractivity contribution in [3.8, 4) is 0 Å². The van der Waals surface area contributed by atoms with Gasteiger partial charge < -0.3 is 50.9 Å². The van der Waals surface area contributed by atoms with Crippen molar-refractivity contribution in [2.24, 2.45) is 0 Å². The van der Waals surface area contributed by atoms with Crippen LogP contribution in [0.4, 0.5) is 0 Å². The molecule has 69 heavy (non-hydrogen) atoms. The average molecular weight is 1230 g/mol. The van der Waals surface area contributed by atoms with E-state index in [-0.39, 0.29) is 50.9 Å². The molecule has 0 aliphatic heterocycles. The van der Waals surface area contributed by atoms with Crippen LogP contribution in [-0.4, -0.2) is 13.7 Å². The van der Waals surface area contributed by atoms with E-state index in [1.165, 1.54) is 32.3 Å². The number of benzene rings is 7. The Labute approximate surface area is 463 Å². The molecule has 15 heteroatoms. The summed E-state index contributed by atoms with van der Waals surface area (Å²) in [6.45, 7) is 9.64. The first kappa shape index (κ1) is 52.9. The number of halogens is 9. The van der Waals surface area contributed by atoms with Crippen LogP contribution in [0.1, 0.15) is 50.1 Å². The third kappa shape index (κ3) is 10.3. The van der Waals surface area contributed by atoms with Crippen LogP contribution in [0.2, 0.25) is 30.9 Å². The second kappa shape index (κ2) is 22.3. The van der Waals surface area contributed by atoms with E-state index in [0.717, 1.165) is 50.1 Å². The van der Waals surface area contributed by atoms with Crippen molar-refractivity contribution in [3.05, 3.63) is 227 Å². The third-order valence-electron chi connectivity index (χ3n) is 13.2. The molecule has 0 N–H and O–H groups in total. The molecule has 10 aromatic rings. The summed E-state index contributed by atoms with van der Waals surface area (Å²) in [6, 6.07) is 44.2. The molecule has 10 rings (SSSR count). The number of nitrogens with zero attached hydrogens (tertiary/aromatic N) is 6. The number of rotatable bonds is 12.